The highest BCUT2D eigenvalue weighted by Crippen LogP contribution is 2.36. The summed E-state index contributed by atoms with van der Waals surface area (Å²) in [5.74, 6) is -0.290. The van der Waals surface area contributed by atoms with Crippen molar-refractivity contribution in [1.82, 2.24) is 4.90 Å². The predicted molar refractivity (Wildman–Crippen MR) is 83.7 cm³/mol. The monoisotopic (exact) mass is 288 g/mol. The smallest absolute Gasteiger partial charge is 0.231 e. The molecule has 0 spiro atoms. The summed E-state index contributed by atoms with van der Waals surface area (Å²) in [4.78, 5) is 13.2. The molecule has 0 aromatic rings. The minimum absolute atomic E-state index is 0.0776. The van der Waals surface area contributed by atoms with Gasteiger partial charge in [0.1, 0.15) is 0 Å². The minimum atomic E-state index is -1.71. The molecular formula is C14H32N2O2Si. The van der Waals surface area contributed by atoms with E-state index in [4.69, 9.17) is 10.2 Å². The van der Waals surface area contributed by atoms with Crippen LogP contribution in [0.4, 0.5) is 0 Å². The van der Waals surface area contributed by atoms with Crippen LogP contribution in [0, 0.1) is 0 Å². The highest BCUT2D eigenvalue weighted by Gasteiger charge is 2.37. The SMILES string of the molecule is CC(C)(C)N(CCO[Si](C)(C)C(C)(C)C)CC(N)=O. The first-order chi connectivity index (χ1) is 8.27. The van der Waals surface area contributed by atoms with Gasteiger partial charge in [0.25, 0.3) is 0 Å². The molecule has 0 aliphatic carbocycles. The fourth-order valence-electron chi connectivity index (χ4n) is 1.47. The first-order valence-corrected chi connectivity index (χ1v) is 9.85. The van der Waals surface area contributed by atoms with Crippen LogP contribution in [0.5, 0.6) is 0 Å². The summed E-state index contributed by atoms with van der Waals surface area (Å²) >= 11 is 0. The zero-order chi connectivity index (χ0) is 15.5. The molecule has 0 bridgehead atoms. The fourth-order valence-corrected chi connectivity index (χ4v) is 2.50. The topological polar surface area (TPSA) is 55.6 Å². The molecule has 0 saturated heterocycles. The number of hydrogen-bond acceptors (Lipinski definition) is 3. The summed E-state index contributed by atoms with van der Waals surface area (Å²) in [7, 11) is -1.71. The van der Waals surface area contributed by atoms with E-state index in [1.807, 2.05) is 0 Å². The Morgan fingerprint density at radius 2 is 1.63 bits per heavy atom. The Kier molecular flexibility index (Phi) is 6.24. The molecule has 0 saturated carbocycles. The lowest BCUT2D eigenvalue weighted by Crippen LogP contribution is -2.49. The molecule has 0 aromatic heterocycles. The Bertz CT molecular complexity index is 304. The number of carbonyl (C=O) groups is 1. The van der Waals surface area contributed by atoms with Crippen molar-refractivity contribution in [3.8, 4) is 0 Å². The Labute approximate surface area is 119 Å². The first-order valence-electron chi connectivity index (χ1n) is 6.95. The molecule has 0 aromatic carbocycles. The maximum Gasteiger partial charge on any atom is 0.231 e. The van der Waals surface area contributed by atoms with Gasteiger partial charge in [-0.3, -0.25) is 9.69 Å². The van der Waals surface area contributed by atoms with E-state index >= 15 is 0 Å². The molecule has 0 fully saturated rings. The zero-order valence-electron chi connectivity index (χ0n) is 14.0. The molecule has 0 aliphatic heterocycles. The van der Waals surface area contributed by atoms with Gasteiger partial charge in [0.05, 0.1) is 6.54 Å². The molecule has 0 atom stereocenters. The molecule has 0 rings (SSSR count). The summed E-state index contributed by atoms with van der Waals surface area (Å²) < 4.78 is 6.15. The van der Waals surface area contributed by atoms with Gasteiger partial charge in [-0.1, -0.05) is 20.8 Å². The highest BCUT2D eigenvalue weighted by molar-refractivity contribution is 6.74. The van der Waals surface area contributed by atoms with Crippen molar-refractivity contribution in [3.63, 3.8) is 0 Å². The zero-order valence-corrected chi connectivity index (χ0v) is 15.0. The number of nitrogens with two attached hydrogens (primary N) is 1. The average molecular weight is 289 g/mol. The third-order valence-corrected chi connectivity index (χ3v) is 8.46. The molecular weight excluding hydrogens is 256 g/mol. The van der Waals surface area contributed by atoms with Gasteiger partial charge in [-0.15, -0.1) is 0 Å². The van der Waals surface area contributed by atoms with Crippen LogP contribution >= 0.6 is 0 Å². The molecule has 4 nitrogen and oxygen atoms in total. The molecule has 0 unspecified atom stereocenters. The van der Waals surface area contributed by atoms with Crippen LogP contribution in [-0.2, 0) is 9.22 Å². The van der Waals surface area contributed by atoms with Crippen molar-refractivity contribution in [1.29, 1.82) is 0 Å². The van der Waals surface area contributed by atoms with Gasteiger partial charge in [-0.25, -0.2) is 0 Å². The van der Waals surface area contributed by atoms with Crippen LogP contribution in [0.25, 0.3) is 0 Å². The number of rotatable bonds is 6. The van der Waals surface area contributed by atoms with Crippen molar-refractivity contribution in [2.45, 2.75) is 65.2 Å². The summed E-state index contributed by atoms with van der Waals surface area (Å²) in [5.41, 5.74) is 5.23. The molecule has 0 radical (unpaired) electrons. The van der Waals surface area contributed by atoms with E-state index in [1.165, 1.54) is 0 Å². The van der Waals surface area contributed by atoms with E-state index in [-0.39, 0.29) is 23.0 Å². The molecule has 2 N–H and O–H groups in total. The summed E-state index contributed by atoms with van der Waals surface area (Å²) in [6.45, 7) is 19.1. The normalized spacial score (nSPS) is 13.9. The number of amides is 1. The van der Waals surface area contributed by atoms with Crippen molar-refractivity contribution in [2.75, 3.05) is 19.7 Å². The molecule has 114 valence electrons. The van der Waals surface area contributed by atoms with E-state index in [9.17, 15) is 4.79 Å². The number of carbonyl (C=O) groups excluding carboxylic acids is 1. The minimum Gasteiger partial charge on any atom is -0.416 e. The van der Waals surface area contributed by atoms with Crippen LogP contribution in [0.3, 0.4) is 0 Å². The van der Waals surface area contributed by atoms with Gasteiger partial charge in [0.15, 0.2) is 8.32 Å². The van der Waals surface area contributed by atoms with Gasteiger partial charge >= 0.3 is 0 Å². The lowest BCUT2D eigenvalue weighted by molar-refractivity contribution is -0.120. The van der Waals surface area contributed by atoms with E-state index in [0.717, 1.165) is 6.54 Å². The van der Waals surface area contributed by atoms with E-state index in [1.54, 1.807) is 0 Å². The largest absolute Gasteiger partial charge is 0.416 e. The first kappa shape index (κ1) is 18.6. The second-order valence-corrected chi connectivity index (χ2v) is 12.5. The van der Waals surface area contributed by atoms with Crippen molar-refractivity contribution in [2.24, 2.45) is 5.73 Å². The standard InChI is InChI=1S/C14H32N2O2Si/c1-13(2,3)16(11-12(15)17)9-10-18-19(7,8)14(4,5)6/h9-11H2,1-8H3,(H2,15,17). The van der Waals surface area contributed by atoms with Crippen LogP contribution < -0.4 is 5.73 Å². The molecule has 19 heavy (non-hydrogen) atoms. The molecule has 1 amide bonds. The van der Waals surface area contributed by atoms with Crippen LogP contribution in [-0.4, -0.2) is 44.4 Å². The Hall–Kier alpha value is -0.393. The lowest BCUT2D eigenvalue weighted by Gasteiger charge is -2.39. The van der Waals surface area contributed by atoms with Crippen LogP contribution in [0.1, 0.15) is 41.5 Å². The maximum atomic E-state index is 11.1. The summed E-state index contributed by atoms with van der Waals surface area (Å²) in [6.07, 6.45) is 0. The number of hydrogen-bond donors (Lipinski definition) is 1. The Balaban J connectivity index is 4.47. The second-order valence-electron chi connectivity index (χ2n) is 7.67. The predicted octanol–water partition coefficient (Wildman–Crippen LogP) is 2.59. The average Bonchev–Trinajstić information content (AvgIpc) is 2.11. The van der Waals surface area contributed by atoms with Crippen molar-refractivity contribution < 1.29 is 9.22 Å². The van der Waals surface area contributed by atoms with E-state index < -0.39 is 8.32 Å². The number of primary amides is 1. The second kappa shape index (κ2) is 6.37. The molecule has 0 heterocycles. The van der Waals surface area contributed by atoms with Gasteiger partial charge in [-0.05, 0) is 38.9 Å². The van der Waals surface area contributed by atoms with Gasteiger partial charge < -0.3 is 10.2 Å². The van der Waals surface area contributed by atoms with Crippen molar-refractivity contribution in [3.05, 3.63) is 0 Å². The highest BCUT2D eigenvalue weighted by atomic mass is 28.4. The number of nitrogens with zero attached hydrogens (tertiary/aromatic N) is 1. The molecule has 0 aliphatic rings. The lowest BCUT2D eigenvalue weighted by atomic mass is 10.1. The Morgan fingerprint density at radius 3 is 1.95 bits per heavy atom. The molecule has 5 heteroatoms. The maximum absolute atomic E-state index is 11.1. The third kappa shape index (κ3) is 6.54. The quantitative estimate of drug-likeness (QED) is 0.764. The van der Waals surface area contributed by atoms with Crippen LogP contribution in [0.15, 0.2) is 0 Å². The Morgan fingerprint density at radius 1 is 1.16 bits per heavy atom. The van der Waals surface area contributed by atoms with Crippen molar-refractivity contribution >= 4 is 14.2 Å². The summed E-state index contributed by atoms with van der Waals surface area (Å²) in [5, 5.41) is 0.212. The van der Waals surface area contributed by atoms with E-state index in [0.29, 0.717) is 6.61 Å². The van der Waals surface area contributed by atoms with Gasteiger partial charge in [0.2, 0.25) is 5.91 Å². The summed E-state index contributed by atoms with van der Waals surface area (Å²) in [6, 6.07) is 0. The van der Waals surface area contributed by atoms with Gasteiger partial charge in [0, 0.05) is 18.7 Å². The van der Waals surface area contributed by atoms with E-state index in [2.05, 4.69) is 59.5 Å². The van der Waals surface area contributed by atoms with Gasteiger partial charge in [-0.2, -0.15) is 0 Å². The van der Waals surface area contributed by atoms with Crippen LogP contribution in [0.2, 0.25) is 18.1 Å². The fraction of sp³-hybridized carbons (Fsp3) is 0.929. The third-order valence-electron chi connectivity index (χ3n) is 3.93.